The molecule has 1 unspecified atom stereocenters. The van der Waals surface area contributed by atoms with Gasteiger partial charge in [0, 0.05) is 6.04 Å². The second kappa shape index (κ2) is 9.09. The average Bonchev–Trinajstić information content (AvgIpc) is 2.60. The molecule has 0 aliphatic carbocycles. The number of rotatable bonds is 7. The van der Waals surface area contributed by atoms with Crippen LogP contribution in [0.2, 0.25) is 0 Å². The summed E-state index contributed by atoms with van der Waals surface area (Å²) >= 11 is 0. The lowest BCUT2D eigenvalue weighted by molar-refractivity contribution is 0.190. The Kier molecular flexibility index (Phi) is 6.84. The molecule has 0 heterocycles. The van der Waals surface area contributed by atoms with Crippen molar-refractivity contribution in [1.82, 2.24) is 5.32 Å². The average molecular weight is 366 g/mol. The minimum Gasteiger partial charge on any atom is -0.489 e. The number of benzene rings is 2. The fourth-order valence-corrected chi connectivity index (χ4v) is 2.89. The summed E-state index contributed by atoms with van der Waals surface area (Å²) in [4.78, 5) is 10.9. The van der Waals surface area contributed by atoms with E-state index in [0.29, 0.717) is 13.0 Å². The second-order valence-electron chi connectivity index (χ2n) is 7.57. The maximum Gasteiger partial charge on any atom is 0.404 e. The van der Waals surface area contributed by atoms with Crippen molar-refractivity contribution in [1.29, 1.82) is 5.26 Å². The zero-order chi connectivity index (χ0) is 19.9. The fourth-order valence-electron chi connectivity index (χ4n) is 2.89. The molecule has 2 aromatic rings. The molecule has 0 spiro atoms. The summed E-state index contributed by atoms with van der Waals surface area (Å²) in [6, 6.07) is 17.5. The molecule has 0 aromatic heterocycles. The summed E-state index contributed by atoms with van der Waals surface area (Å²) in [7, 11) is 0. The van der Waals surface area contributed by atoms with Crippen molar-refractivity contribution in [3.8, 4) is 11.8 Å². The molecular formula is C22H26N2O3. The van der Waals surface area contributed by atoms with Crippen molar-refractivity contribution in [2.24, 2.45) is 0 Å². The van der Waals surface area contributed by atoms with Gasteiger partial charge in [0.2, 0.25) is 0 Å². The van der Waals surface area contributed by atoms with Gasteiger partial charge >= 0.3 is 6.09 Å². The van der Waals surface area contributed by atoms with E-state index >= 15 is 0 Å². The Bertz CT molecular complexity index is 805. The van der Waals surface area contributed by atoms with Gasteiger partial charge in [-0.1, -0.05) is 63.2 Å². The van der Waals surface area contributed by atoms with Crippen LogP contribution in [0.4, 0.5) is 4.79 Å². The van der Waals surface area contributed by atoms with Gasteiger partial charge in [-0.15, -0.1) is 0 Å². The molecule has 5 heteroatoms. The zero-order valence-electron chi connectivity index (χ0n) is 16.0. The second-order valence-corrected chi connectivity index (χ2v) is 7.57. The molecule has 0 saturated heterocycles. The normalized spacial score (nSPS) is 12.1. The highest BCUT2D eigenvalue weighted by atomic mass is 16.5. The van der Waals surface area contributed by atoms with E-state index in [4.69, 9.17) is 15.1 Å². The Morgan fingerprint density at radius 2 is 1.89 bits per heavy atom. The van der Waals surface area contributed by atoms with E-state index in [1.165, 1.54) is 0 Å². The van der Waals surface area contributed by atoms with Crippen molar-refractivity contribution in [3.63, 3.8) is 0 Å². The zero-order valence-corrected chi connectivity index (χ0v) is 16.0. The van der Waals surface area contributed by atoms with Crippen molar-refractivity contribution in [2.45, 2.75) is 51.7 Å². The minimum atomic E-state index is -1.12. The largest absolute Gasteiger partial charge is 0.489 e. The quantitative estimate of drug-likeness (QED) is 0.747. The summed E-state index contributed by atoms with van der Waals surface area (Å²) in [5.74, 6) is 0.818. The predicted octanol–water partition coefficient (Wildman–Crippen LogP) is 4.66. The predicted molar refractivity (Wildman–Crippen MR) is 105 cm³/mol. The number of hydrogen-bond donors (Lipinski definition) is 2. The van der Waals surface area contributed by atoms with E-state index in [1.54, 1.807) is 0 Å². The molecule has 0 saturated carbocycles. The minimum absolute atomic E-state index is 0.128. The number of carbonyl (C=O) groups is 1. The van der Waals surface area contributed by atoms with Crippen molar-refractivity contribution >= 4 is 6.09 Å². The highest BCUT2D eigenvalue weighted by Gasteiger charge is 2.21. The monoisotopic (exact) mass is 366 g/mol. The third-order valence-electron chi connectivity index (χ3n) is 4.24. The van der Waals surface area contributed by atoms with Gasteiger partial charge in [-0.3, -0.25) is 0 Å². The fraction of sp³-hybridized carbons (Fsp3) is 0.364. The maximum absolute atomic E-state index is 10.9. The summed E-state index contributed by atoms with van der Waals surface area (Å²) in [5, 5.41) is 20.3. The molecule has 1 atom stereocenters. The van der Waals surface area contributed by atoms with Gasteiger partial charge in [0.25, 0.3) is 0 Å². The molecule has 0 aliphatic rings. The van der Waals surface area contributed by atoms with E-state index in [-0.39, 0.29) is 11.8 Å². The van der Waals surface area contributed by atoms with Crippen LogP contribution in [0.3, 0.4) is 0 Å². The molecule has 5 nitrogen and oxygen atoms in total. The molecule has 2 rings (SSSR count). The molecule has 1 amide bonds. The van der Waals surface area contributed by atoms with Gasteiger partial charge in [0.1, 0.15) is 12.4 Å². The van der Waals surface area contributed by atoms with E-state index in [2.05, 4.69) is 26.1 Å². The summed E-state index contributed by atoms with van der Waals surface area (Å²) < 4.78 is 6.06. The topological polar surface area (TPSA) is 82.4 Å². The van der Waals surface area contributed by atoms with Crippen molar-refractivity contribution < 1.29 is 14.6 Å². The first kappa shape index (κ1) is 20.3. The number of hydrogen-bond acceptors (Lipinski definition) is 3. The highest BCUT2D eigenvalue weighted by Crippen LogP contribution is 2.33. The molecular weight excluding hydrogens is 340 g/mol. The molecule has 0 fully saturated rings. The van der Waals surface area contributed by atoms with Crippen LogP contribution in [0.1, 0.15) is 43.9 Å². The van der Waals surface area contributed by atoms with Gasteiger partial charge in [-0.2, -0.15) is 5.26 Å². The van der Waals surface area contributed by atoms with E-state index in [1.807, 2.05) is 54.6 Å². The number of amides is 1. The first-order chi connectivity index (χ1) is 12.8. The van der Waals surface area contributed by atoms with Gasteiger partial charge in [0.15, 0.2) is 0 Å². The van der Waals surface area contributed by atoms with Crippen LogP contribution < -0.4 is 10.1 Å². The Labute approximate surface area is 160 Å². The standard InChI is InChI=1S/C22H26N2O3/c1-22(2,3)19-14-17(13-18(11-12-23)24-21(25)26)9-10-20(19)27-15-16-7-5-4-6-8-16/h4-10,14,18,24H,11,13,15H2,1-3H3,(H,25,26). The Balaban J connectivity index is 2.21. The van der Waals surface area contributed by atoms with Gasteiger partial charge < -0.3 is 15.2 Å². The first-order valence-corrected chi connectivity index (χ1v) is 8.96. The van der Waals surface area contributed by atoms with Crippen LogP contribution in [-0.2, 0) is 18.4 Å². The van der Waals surface area contributed by atoms with Crippen LogP contribution in [0.5, 0.6) is 5.75 Å². The van der Waals surface area contributed by atoms with Gasteiger partial charge in [-0.05, 0) is 34.6 Å². The lowest BCUT2D eigenvalue weighted by atomic mass is 9.84. The molecule has 0 radical (unpaired) electrons. The molecule has 2 aromatic carbocycles. The third kappa shape index (κ3) is 6.34. The van der Waals surface area contributed by atoms with E-state index in [0.717, 1.165) is 22.4 Å². The van der Waals surface area contributed by atoms with Crippen LogP contribution in [-0.4, -0.2) is 17.2 Å². The molecule has 27 heavy (non-hydrogen) atoms. The van der Waals surface area contributed by atoms with Gasteiger partial charge in [0.05, 0.1) is 12.5 Å². The number of nitrogens with one attached hydrogen (secondary N) is 1. The summed E-state index contributed by atoms with van der Waals surface area (Å²) in [5.41, 5.74) is 3.00. The Morgan fingerprint density at radius 3 is 2.48 bits per heavy atom. The third-order valence-corrected chi connectivity index (χ3v) is 4.24. The lowest BCUT2D eigenvalue weighted by Crippen LogP contribution is -2.35. The Hall–Kier alpha value is -3.00. The number of carboxylic acid groups (broad SMARTS) is 1. The number of nitrogens with zero attached hydrogens (tertiary/aromatic N) is 1. The van der Waals surface area contributed by atoms with Crippen molar-refractivity contribution in [2.75, 3.05) is 0 Å². The van der Waals surface area contributed by atoms with Crippen LogP contribution in [0, 0.1) is 11.3 Å². The molecule has 142 valence electrons. The van der Waals surface area contributed by atoms with Crippen LogP contribution in [0.15, 0.2) is 48.5 Å². The lowest BCUT2D eigenvalue weighted by Gasteiger charge is -2.24. The maximum atomic E-state index is 10.9. The molecule has 0 aliphatic heterocycles. The van der Waals surface area contributed by atoms with Crippen LogP contribution in [0.25, 0.3) is 0 Å². The van der Waals surface area contributed by atoms with Crippen molar-refractivity contribution in [3.05, 3.63) is 65.2 Å². The highest BCUT2D eigenvalue weighted by molar-refractivity contribution is 5.65. The van der Waals surface area contributed by atoms with E-state index < -0.39 is 12.1 Å². The summed E-state index contributed by atoms with van der Waals surface area (Å²) in [6.45, 7) is 6.83. The van der Waals surface area contributed by atoms with Gasteiger partial charge in [-0.25, -0.2) is 4.79 Å². The smallest absolute Gasteiger partial charge is 0.404 e. The van der Waals surface area contributed by atoms with E-state index in [9.17, 15) is 4.79 Å². The summed E-state index contributed by atoms with van der Waals surface area (Å²) in [6.07, 6.45) is -0.528. The molecule has 0 bridgehead atoms. The first-order valence-electron chi connectivity index (χ1n) is 8.96. The Morgan fingerprint density at radius 1 is 1.19 bits per heavy atom. The SMILES string of the molecule is CC(C)(C)c1cc(CC(CC#N)NC(=O)O)ccc1OCc1ccccc1. The number of ether oxygens (including phenoxy) is 1. The number of nitriles is 1. The van der Waals surface area contributed by atoms with Crippen LogP contribution >= 0.6 is 0 Å². The molecule has 2 N–H and O–H groups in total.